The molecule has 1 aromatic heterocycles. The van der Waals surface area contributed by atoms with Gasteiger partial charge in [-0.3, -0.25) is 9.78 Å². The van der Waals surface area contributed by atoms with Crippen molar-refractivity contribution in [2.24, 2.45) is 5.41 Å². The number of carbonyl (C=O) groups is 1. The Morgan fingerprint density at radius 2 is 2.04 bits per heavy atom. The number of pyridine rings is 1. The first kappa shape index (κ1) is 18.7. The van der Waals surface area contributed by atoms with Crippen LogP contribution in [0.4, 0.5) is 5.69 Å². The number of hydrogen-bond acceptors (Lipinski definition) is 5. The summed E-state index contributed by atoms with van der Waals surface area (Å²) in [7, 11) is 0. The molecular weight excluding hydrogens is 352 g/mol. The second-order valence-electron chi connectivity index (χ2n) is 8.12. The Kier molecular flexibility index (Phi) is 4.94. The first-order valence-corrected chi connectivity index (χ1v) is 9.95. The molecule has 1 aromatic carbocycles. The van der Waals surface area contributed by atoms with Gasteiger partial charge >= 0.3 is 0 Å². The molecule has 2 atom stereocenters. The Hall–Kier alpha value is -2.65. The van der Waals surface area contributed by atoms with Gasteiger partial charge in [-0.05, 0) is 25.8 Å². The van der Waals surface area contributed by atoms with Gasteiger partial charge in [-0.15, -0.1) is 0 Å². The Labute approximate surface area is 165 Å². The zero-order valence-corrected chi connectivity index (χ0v) is 16.5. The number of carbonyl (C=O) groups excluding carboxylic acids is 1. The number of benzene rings is 1. The highest BCUT2D eigenvalue weighted by molar-refractivity contribution is 5.94. The first-order chi connectivity index (χ1) is 13.5. The predicted molar refractivity (Wildman–Crippen MR) is 108 cm³/mol. The number of nitrogens with zero attached hydrogens (tertiary/aromatic N) is 4. The van der Waals surface area contributed by atoms with E-state index in [0.29, 0.717) is 25.3 Å². The van der Waals surface area contributed by atoms with E-state index >= 15 is 0 Å². The smallest absolute Gasteiger partial charge is 0.228 e. The van der Waals surface area contributed by atoms with Crippen molar-refractivity contribution in [2.45, 2.75) is 32.8 Å². The summed E-state index contributed by atoms with van der Waals surface area (Å²) in [4.78, 5) is 21.8. The largest absolute Gasteiger partial charge is 0.378 e. The van der Waals surface area contributed by atoms with E-state index in [4.69, 9.17) is 4.74 Å². The minimum Gasteiger partial charge on any atom is -0.378 e. The van der Waals surface area contributed by atoms with E-state index in [1.54, 1.807) is 6.20 Å². The van der Waals surface area contributed by atoms with Crippen molar-refractivity contribution >= 4 is 22.5 Å². The summed E-state index contributed by atoms with van der Waals surface area (Å²) in [6, 6.07) is 10.2. The molecule has 146 valence electrons. The van der Waals surface area contributed by atoms with E-state index in [0.717, 1.165) is 42.5 Å². The van der Waals surface area contributed by atoms with Gasteiger partial charge in [0.05, 0.1) is 28.3 Å². The molecule has 2 saturated heterocycles. The summed E-state index contributed by atoms with van der Waals surface area (Å²) >= 11 is 0. The second kappa shape index (κ2) is 7.40. The van der Waals surface area contributed by atoms with Crippen molar-refractivity contribution in [3.05, 3.63) is 36.0 Å². The lowest BCUT2D eigenvalue weighted by atomic mass is 9.78. The molecule has 3 heterocycles. The standard InChI is InChI=1S/C22H26N4O2/c1-16-13-22(2,7-12-28-16)21(27)26-10-8-25(9-11-26)20-17(14-23)15-24-19-6-4-3-5-18(19)20/h3-6,15-16H,7-13H2,1-2H3. The molecule has 0 aliphatic carbocycles. The van der Waals surface area contributed by atoms with Crippen LogP contribution in [0.1, 0.15) is 32.3 Å². The summed E-state index contributed by atoms with van der Waals surface area (Å²) in [5.41, 5.74) is 2.08. The minimum atomic E-state index is -0.332. The molecule has 2 fully saturated rings. The van der Waals surface area contributed by atoms with Crippen LogP contribution in [-0.4, -0.2) is 54.7 Å². The molecule has 0 radical (unpaired) electrons. The monoisotopic (exact) mass is 378 g/mol. The van der Waals surface area contributed by atoms with Crippen molar-refractivity contribution in [1.82, 2.24) is 9.88 Å². The van der Waals surface area contributed by atoms with Crippen LogP contribution in [0.3, 0.4) is 0 Å². The molecular formula is C22H26N4O2. The molecule has 0 spiro atoms. The van der Waals surface area contributed by atoms with Crippen LogP contribution in [0.2, 0.25) is 0 Å². The molecule has 2 aliphatic heterocycles. The molecule has 6 nitrogen and oxygen atoms in total. The number of aromatic nitrogens is 1. The van der Waals surface area contributed by atoms with E-state index in [1.165, 1.54) is 0 Å². The Morgan fingerprint density at radius 1 is 1.29 bits per heavy atom. The van der Waals surface area contributed by atoms with Crippen LogP contribution in [0.25, 0.3) is 10.9 Å². The van der Waals surface area contributed by atoms with Gasteiger partial charge in [0.1, 0.15) is 6.07 Å². The number of amides is 1. The van der Waals surface area contributed by atoms with Crippen molar-refractivity contribution in [2.75, 3.05) is 37.7 Å². The average molecular weight is 378 g/mol. The number of anilines is 1. The van der Waals surface area contributed by atoms with Crippen molar-refractivity contribution < 1.29 is 9.53 Å². The molecule has 0 bridgehead atoms. The van der Waals surface area contributed by atoms with E-state index in [-0.39, 0.29) is 17.4 Å². The lowest BCUT2D eigenvalue weighted by Gasteiger charge is -2.43. The average Bonchev–Trinajstić information content (AvgIpc) is 2.72. The lowest BCUT2D eigenvalue weighted by molar-refractivity contribution is -0.150. The zero-order chi connectivity index (χ0) is 19.7. The number of nitriles is 1. The summed E-state index contributed by atoms with van der Waals surface area (Å²) in [6.45, 7) is 7.55. The molecule has 2 aromatic rings. The number of para-hydroxylation sites is 1. The highest BCUT2D eigenvalue weighted by Crippen LogP contribution is 2.36. The number of rotatable bonds is 2. The van der Waals surface area contributed by atoms with Gasteiger partial charge in [-0.2, -0.15) is 5.26 Å². The van der Waals surface area contributed by atoms with Crippen LogP contribution in [-0.2, 0) is 9.53 Å². The fourth-order valence-corrected chi connectivity index (χ4v) is 4.54. The Balaban J connectivity index is 1.53. The summed E-state index contributed by atoms with van der Waals surface area (Å²) in [5.74, 6) is 0.238. The van der Waals surface area contributed by atoms with Gasteiger partial charge in [0, 0.05) is 44.4 Å². The maximum Gasteiger partial charge on any atom is 0.228 e. The van der Waals surface area contributed by atoms with Crippen LogP contribution in [0.15, 0.2) is 30.5 Å². The molecule has 1 amide bonds. The van der Waals surface area contributed by atoms with Crippen LogP contribution >= 0.6 is 0 Å². The van der Waals surface area contributed by atoms with Crippen LogP contribution in [0, 0.1) is 16.7 Å². The normalized spacial score (nSPS) is 25.5. The van der Waals surface area contributed by atoms with Crippen molar-refractivity contribution in [1.29, 1.82) is 5.26 Å². The number of fused-ring (bicyclic) bond motifs is 1. The zero-order valence-electron chi connectivity index (χ0n) is 16.5. The number of piperazine rings is 1. The molecule has 4 rings (SSSR count). The van der Waals surface area contributed by atoms with Gasteiger partial charge in [0.2, 0.25) is 5.91 Å². The summed E-state index contributed by atoms with van der Waals surface area (Å²) in [5, 5.41) is 10.6. The highest BCUT2D eigenvalue weighted by atomic mass is 16.5. The van der Waals surface area contributed by atoms with Gasteiger partial charge in [0.15, 0.2) is 0 Å². The van der Waals surface area contributed by atoms with Crippen molar-refractivity contribution in [3.8, 4) is 6.07 Å². The third-order valence-corrected chi connectivity index (χ3v) is 6.06. The second-order valence-corrected chi connectivity index (χ2v) is 8.12. The molecule has 6 heteroatoms. The van der Waals surface area contributed by atoms with E-state index < -0.39 is 0 Å². The van der Waals surface area contributed by atoms with E-state index in [9.17, 15) is 10.1 Å². The van der Waals surface area contributed by atoms with Gasteiger partial charge < -0.3 is 14.5 Å². The van der Waals surface area contributed by atoms with Gasteiger partial charge in [0.25, 0.3) is 0 Å². The summed E-state index contributed by atoms with van der Waals surface area (Å²) in [6.07, 6.45) is 3.34. The number of ether oxygens (including phenoxy) is 1. The molecule has 0 saturated carbocycles. The minimum absolute atomic E-state index is 0.130. The maximum atomic E-state index is 13.2. The van der Waals surface area contributed by atoms with Crippen molar-refractivity contribution in [3.63, 3.8) is 0 Å². The van der Waals surface area contributed by atoms with E-state index in [1.807, 2.05) is 36.1 Å². The fourth-order valence-electron chi connectivity index (χ4n) is 4.54. The predicted octanol–water partition coefficient (Wildman–Crippen LogP) is 2.96. The first-order valence-electron chi connectivity index (χ1n) is 9.95. The molecule has 2 aliphatic rings. The topological polar surface area (TPSA) is 69.5 Å². The number of hydrogen-bond donors (Lipinski definition) is 0. The fraction of sp³-hybridized carbons (Fsp3) is 0.500. The third kappa shape index (κ3) is 3.31. The molecule has 28 heavy (non-hydrogen) atoms. The Bertz CT molecular complexity index is 930. The van der Waals surface area contributed by atoms with Crippen LogP contribution in [0.5, 0.6) is 0 Å². The third-order valence-electron chi connectivity index (χ3n) is 6.06. The van der Waals surface area contributed by atoms with Gasteiger partial charge in [-0.25, -0.2) is 0 Å². The lowest BCUT2D eigenvalue weighted by Crippen LogP contribution is -2.54. The Morgan fingerprint density at radius 3 is 2.75 bits per heavy atom. The molecule has 2 unspecified atom stereocenters. The van der Waals surface area contributed by atoms with E-state index in [2.05, 4.69) is 22.9 Å². The van der Waals surface area contributed by atoms with Crippen LogP contribution < -0.4 is 4.90 Å². The maximum absolute atomic E-state index is 13.2. The highest BCUT2D eigenvalue weighted by Gasteiger charge is 2.41. The molecule has 0 N–H and O–H groups in total. The quantitative estimate of drug-likeness (QED) is 0.804. The summed E-state index contributed by atoms with van der Waals surface area (Å²) < 4.78 is 5.64. The van der Waals surface area contributed by atoms with Gasteiger partial charge in [-0.1, -0.05) is 25.1 Å². The SMILES string of the molecule is CC1CC(C)(C(=O)N2CCN(c3c(C#N)cnc4ccccc34)CC2)CCO1.